The Labute approximate surface area is 147 Å². The van der Waals surface area contributed by atoms with Crippen molar-refractivity contribution in [3.8, 4) is 0 Å². The quantitative estimate of drug-likeness (QED) is 0.608. The summed E-state index contributed by atoms with van der Waals surface area (Å²) in [7, 11) is 1.18. The van der Waals surface area contributed by atoms with Gasteiger partial charge in [0.1, 0.15) is 12.3 Å². The number of hydrogen-bond acceptors (Lipinski definition) is 5. The molecule has 1 rings (SSSR count). The molecule has 0 aromatic heterocycles. The first kappa shape index (κ1) is 20.2. The van der Waals surface area contributed by atoms with Gasteiger partial charge in [-0.3, -0.25) is 10.1 Å². The first-order valence-electron chi connectivity index (χ1n) is 7.78. The van der Waals surface area contributed by atoms with Gasteiger partial charge in [0.15, 0.2) is 0 Å². The molecule has 0 heterocycles. The molecule has 0 saturated heterocycles. The van der Waals surface area contributed by atoms with Crippen LogP contribution < -0.4 is 10.6 Å². The summed E-state index contributed by atoms with van der Waals surface area (Å²) in [6.07, 6.45) is 0.397. The van der Waals surface area contributed by atoms with Crippen molar-refractivity contribution < 1.29 is 23.9 Å². The Kier molecular flexibility index (Phi) is 7.65. The van der Waals surface area contributed by atoms with Gasteiger partial charge in [-0.2, -0.15) is 0 Å². The predicted molar refractivity (Wildman–Crippen MR) is 92.4 cm³/mol. The topological polar surface area (TPSA) is 93.7 Å². The minimum absolute atomic E-state index is 0.0611. The van der Waals surface area contributed by atoms with Crippen molar-refractivity contribution >= 4 is 18.0 Å². The van der Waals surface area contributed by atoms with E-state index in [-0.39, 0.29) is 24.6 Å². The summed E-state index contributed by atoms with van der Waals surface area (Å²) in [5.74, 6) is -1.05. The van der Waals surface area contributed by atoms with Crippen LogP contribution in [-0.4, -0.2) is 30.6 Å². The smallest absolute Gasteiger partial charge is 0.412 e. The van der Waals surface area contributed by atoms with Crippen molar-refractivity contribution in [3.63, 3.8) is 0 Å². The highest BCUT2D eigenvalue weighted by atomic mass is 16.6. The van der Waals surface area contributed by atoms with E-state index in [0.717, 1.165) is 5.56 Å². The molecule has 2 amide bonds. The zero-order chi connectivity index (χ0) is 18.9. The number of ether oxygens (including phenoxy) is 2. The molecule has 0 saturated carbocycles. The number of hydrogen-bond donors (Lipinski definition) is 2. The molecule has 7 heteroatoms. The van der Waals surface area contributed by atoms with Crippen LogP contribution in [-0.2, 0) is 25.7 Å². The number of rotatable bonds is 6. The first-order valence-corrected chi connectivity index (χ1v) is 7.78. The molecule has 0 atom stereocenters. The van der Waals surface area contributed by atoms with Crippen LogP contribution in [0.1, 0.15) is 32.8 Å². The minimum Gasteiger partial charge on any atom is -0.464 e. The maximum absolute atomic E-state index is 11.8. The van der Waals surface area contributed by atoms with Crippen LogP contribution in [0.2, 0.25) is 0 Å². The van der Waals surface area contributed by atoms with Crippen molar-refractivity contribution in [1.82, 2.24) is 10.6 Å². The average molecular weight is 348 g/mol. The summed E-state index contributed by atoms with van der Waals surface area (Å²) in [6, 6.07) is 9.11. The van der Waals surface area contributed by atoms with Gasteiger partial charge in [0.2, 0.25) is 5.91 Å². The first-order chi connectivity index (χ1) is 11.7. The molecule has 0 aliphatic carbocycles. The lowest BCUT2D eigenvalue weighted by Crippen LogP contribution is -2.40. The number of esters is 1. The van der Waals surface area contributed by atoms with Gasteiger partial charge in [0.05, 0.1) is 7.11 Å². The minimum atomic E-state index is -0.809. The number of carbonyl (C=O) groups excluding carboxylic acids is 3. The fraction of sp³-hybridized carbons (Fsp3) is 0.389. The summed E-state index contributed by atoms with van der Waals surface area (Å²) >= 11 is 0. The highest BCUT2D eigenvalue weighted by molar-refractivity contribution is 5.93. The molecule has 0 spiro atoms. The lowest BCUT2D eigenvalue weighted by molar-refractivity contribution is -0.136. The Balaban J connectivity index is 2.62. The average Bonchev–Trinajstić information content (AvgIpc) is 2.55. The van der Waals surface area contributed by atoms with E-state index in [4.69, 9.17) is 4.74 Å². The van der Waals surface area contributed by atoms with Gasteiger partial charge in [-0.1, -0.05) is 30.3 Å². The molecule has 2 N–H and O–H groups in total. The van der Waals surface area contributed by atoms with Gasteiger partial charge in [0, 0.05) is 12.0 Å². The molecule has 0 radical (unpaired) electrons. The van der Waals surface area contributed by atoms with Crippen molar-refractivity contribution in [2.75, 3.05) is 7.11 Å². The second-order valence-corrected chi connectivity index (χ2v) is 6.30. The highest BCUT2D eigenvalue weighted by Crippen LogP contribution is 2.04. The Hall–Kier alpha value is -2.83. The Morgan fingerprint density at radius 3 is 2.32 bits per heavy atom. The Bertz CT molecular complexity index is 633. The predicted octanol–water partition coefficient (Wildman–Crippen LogP) is 2.27. The van der Waals surface area contributed by atoms with E-state index in [1.54, 1.807) is 12.1 Å². The van der Waals surface area contributed by atoms with E-state index in [9.17, 15) is 14.4 Å². The summed E-state index contributed by atoms with van der Waals surface area (Å²) in [6.45, 7) is 5.59. The second kappa shape index (κ2) is 9.46. The van der Waals surface area contributed by atoms with Crippen LogP contribution in [0.3, 0.4) is 0 Å². The lowest BCUT2D eigenvalue weighted by atomic mass is 10.1. The molecule has 0 aliphatic rings. The summed E-state index contributed by atoms with van der Waals surface area (Å²) in [4.78, 5) is 35.4. The fourth-order valence-electron chi connectivity index (χ4n) is 1.83. The van der Waals surface area contributed by atoms with Gasteiger partial charge in [-0.05, 0) is 32.4 Å². The summed E-state index contributed by atoms with van der Waals surface area (Å²) < 4.78 is 9.64. The summed E-state index contributed by atoms with van der Waals surface area (Å²) in [5, 5.41) is 5.05. The number of carbonyl (C=O) groups is 3. The maximum atomic E-state index is 11.8. The van der Waals surface area contributed by atoms with Gasteiger partial charge >= 0.3 is 12.1 Å². The highest BCUT2D eigenvalue weighted by Gasteiger charge is 2.17. The number of nitrogens with one attached hydrogen (secondary N) is 2. The van der Waals surface area contributed by atoms with Gasteiger partial charge in [0.25, 0.3) is 0 Å². The van der Waals surface area contributed by atoms with Crippen molar-refractivity contribution in [2.24, 2.45) is 0 Å². The Morgan fingerprint density at radius 1 is 1.12 bits per heavy atom. The standard InChI is InChI=1S/C18H24N2O5/c1-18(2,3)20-15(21)11-10-14(16(22)24-4)19-17(23)25-12-13-8-6-5-7-9-13/h5-10H,11-12H2,1-4H3,(H,19,23)(H,20,21)/b14-10-. The molecule has 1 aromatic carbocycles. The Morgan fingerprint density at radius 2 is 1.76 bits per heavy atom. The zero-order valence-corrected chi connectivity index (χ0v) is 14.9. The van der Waals surface area contributed by atoms with Crippen LogP contribution in [0.4, 0.5) is 4.79 Å². The zero-order valence-electron chi connectivity index (χ0n) is 14.9. The third kappa shape index (κ3) is 8.55. The molecule has 0 aliphatic heterocycles. The van der Waals surface area contributed by atoms with E-state index >= 15 is 0 Å². The number of benzene rings is 1. The molecule has 7 nitrogen and oxygen atoms in total. The van der Waals surface area contributed by atoms with E-state index in [0.29, 0.717) is 0 Å². The SMILES string of the molecule is COC(=O)/C(=C/CC(=O)NC(C)(C)C)NC(=O)OCc1ccccc1. The maximum Gasteiger partial charge on any atom is 0.412 e. The largest absolute Gasteiger partial charge is 0.464 e. The molecule has 1 aromatic rings. The lowest BCUT2D eigenvalue weighted by Gasteiger charge is -2.20. The normalized spacial score (nSPS) is 11.4. The van der Waals surface area contributed by atoms with Crippen LogP contribution in [0.5, 0.6) is 0 Å². The van der Waals surface area contributed by atoms with Gasteiger partial charge in [-0.25, -0.2) is 9.59 Å². The number of methoxy groups -OCH3 is 1. The number of amides is 2. The van der Waals surface area contributed by atoms with Crippen LogP contribution in [0.15, 0.2) is 42.1 Å². The molecule has 25 heavy (non-hydrogen) atoms. The molecule has 136 valence electrons. The van der Waals surface area contributed by atoms with Crippen molar-refractivity contribution in [3.05, 3.63) is 47.7 Å². The van der Waals surface area contributed by atoms with Crippen LogP contribution in [0.25, 0.3) is 0 Å². The van der Waals surface area contributed by atoms with Crippen molar-refractivity contribution in [2.45, 2.75) is 39.3 Å². The van der Waals surface area contributed by atoms with E-state index in [2.05, 4.69) is 15.4 Å². The van der Waals surface area contributed by atoms with Crippen LogP contribution in [0, 0.1) is 0 Å². The third-order valence-corrected chi connectivity index (χ3v) is 2.86. The molecular weight excluding hydrogens is 324 g/mol. The van der Waals surface area contributed by atoms with Crippen molar-refractivity contribution in [1.29, 1.82) is 0 Å². The van der Waals surface area contributed by atoms with E-state index in [1.165, 1.54) is 13.2 Å². The van der Waals surface area contributed by atoms with E-state index in [1.807, 2.05) is 39.0 Å². The summed E-state index contributed by atoms with van der Waals surface area (Å²) in [5.41, 5.74) is 0.272. The van der Waals surface area contributed by atoms with Crippen LogP contribution >= 0.6 is 0 Å². The van der Waals surface area contributed by atoms with E-state index < -0.39 is 17.6 Å². The fourth-order valence-corrected chi connectivity index (χ4v) is 1.83. The molecule has 0 bridgehead atoms. The third-order valence-electron chi connectivity index (χ3n) is 2.86. The van der Waals surface area contributed by atoms with Gasteiger partial charge < -0.3 is 14.8 Å². The molecule has 0 fully saturated rings. The van der Waals surface area contributed by atoms with Gasteiger partial charge in [-0.15, -0.1) is 0 Å². The second-order valence-electron chi connectivity index (χ2n) is 6.30. The monoisotopic (exact) mass is 348 g/mol. The number of alkyl carbamates (subject to hydrolysis) is 1. The molecular formula is C18H24N2O5. The molecule has 0 unspecified atom stereocenters.